The van der Waals surface area contributed by atoms with Gasteiger partial charge in [-0.1, -0.05) is 6.07 Å². The van der Waals surface area contributed by atoms with Crippen molar-refractivity contribution in [2.24, 2.45) is 0 Å². The normalized spacial score (nSPS) is 17.3. The topological polar surface area (TPSA) is 89.1 Å². The number of hydrogen-bond donors (Lipinski definition) is 2. The lowest BCUT2D eigenvalue weighted by Crippen LogP contribution is -2.20. The van der Waals surface area contributed by atoms with Crippen molar-refractivity contribution < 1.29 is 27.4 Å². The molecule has 4 aromatic rings. The van der Waals surface area contributed by atoms with Crippen LogP contribution in [0.15, 0.2) is 48.7 Å². The number of nitrogens with zero attached hydrogens (tertiary/aromatic N) is 2. The van der Waals surface area contributed by atoms with Gasteiger partial charge in [-0.3, -0.25) is 4.79 Å². The van der Waals surface area contributed by atoms with E-state index in [0.717, 1.165) is 17.2 Å². The maximum absolute atomic E-state index is 13.4. The second kappa shape index (κ2) is 8.00. The SMILES string of the molecule is O=C1CCc2c(Oc3ccc4c(c3)CC(c3nc5c(C(F)(F)F)cccc5[nH]3)CO4)ccnc2N1. The first-order valence-corrected chi connectivity index (χ1v) is 11.1. The van der Waals surface area contributed by atoms with Gasteiger partial charge in [-0.25, -0.2) is 9.97 Å². The molecule has 2 aliphatic rings. The number of aromatic nitrogens is 3. The molecular weight excluding hydrogens is 461 g/mol. The third kappa shape index (κ3) is 3.94. The Morgan fingerprint density at radius 2 is 2.00 bits per heavy atom. The maximum atomic E-state index is 13.4. The summed E-state index contributed by atoms with van der Waals surface area (Å²) in [5.41, 5.74) is 1.19. The molecule has 0 radical (unpaired) electrons. The molecule has 10 heteroatoms. The highest BCUT2D eigenvalue weighted by molar-refractivity contribution is 5.93. The minimum Gasteiger partial charge on any atom is -0.493 e. The number of carbonyl (C=O) groups excluding carboxylic acids is 1. The Balaban J connectivity index is 1.27. The van der Waals surface area contributed by atoms with Crippen LogP contribution in [0.5, 0.6) is 17.2 Å². The molecule has 0 bridgehead atoms. The number of benzene rings is 2. The van der Waals surface area contributed by atoms with Gasteiger partial charge in [0.1, 0.15) is 34.4 Å². The Hall–Kier alpha value is -4.08. The van der Waals surface area contributed by atoms with Crippen LogP contribution in [0.25, 0.3) is 11.0 Å². The summed E-state index contributed by atoms with van der Waals surface area (Å²) < 4.78 is 52.2. The monoisotopic (exact) mass is 480 g/mol. The zero-order valence-corrected chi connectivity index (χ0v) is 18.3. The molecule has 0 spiro atoms. The number of rotatable bonds is 3. The zero-order chi connectivity index (χ0) is 24.2. The van der Waals surface area contributed by atoms with Crippen molar-refractivity contribution in [3.05, 3.63) is 71.2 Å². The van der Waals surface area contributed by atoms with Gasteiger partial charge in [0.2, 0.25) is 5.91 Å². The highest BCUT2D eigenvalue weighted by Gasteiger charge is 2.34. The average molecular weight is 480 g/mol. The number of imidazole rings is 1. The fourth-order valence-corrected chi connectivity index (χ4v) is 4.56. The van der Waals surface area contributed by atoms with Crippen molar-refractivity contribution in [2.45, 2.75) is 31.4 Å². The molecule has 1 atom stereocenters. The van der Waals surface area contributed by atoms with E-state index in [1.165, 1.54) is 6.07 Å². The summed E-state index contributed by atoms with van der Waals surface area (Å²) in [5.74, 6) is 2.53. The Morgan fingerprint density at radius 1 is 1.11 bits per heavy atom. The zero-order valence-electron chi connectivity index (χ0n) is 18.3. The van der Waals surface area contributed by atoms with Gasteiger partial charge in [0.05, 0.1) is 23.6 Å². The van der Waals surface area contributed by atoms with Crippen LogP contribution in [-0.2, 0) is 23.8 Å². The molecule has 1 unspecified atom stereocenters. The number of anilines is 1. The van der Waals surface area contributed by atoms with Crippen molar-refractivity contribution in [1.82, 2.24) is 15.0 Å². The average Bonchev–Trinajstić information content (AvgIpc) is 3.27. The predicted octanol–water partition coefficient (Wildman–Crippen LogP) is 5.37. The highest BCUT2D eigenvalue weighted by Crippen LogP contribution is 2.39. The minimum atomic E-state index is -4.48. The van der Waals surface area contributed by atoms with Crippen LogP contribution >= 0.6 is 0 Å². The fraction of sp³-hybridized carbons (Fsp3) is 0.240. The first kappa shape index (κ1) is 21.5. The van der Waals surface area contributed by atoms with Crippen molar-refractivity contribution in [3.63, 3.8) is 0 Å². The first-order chi connectivity index (χ1) is 16.8. The molecule has 4 heterocycles. The number of carbonyl (C=O) groups is 1. The third-order valence-electron chi connectivity index (χ3n) is 6.26. The molecule has 6 rings (SSSR count). The number of pyridine rings is 1. The van der Waals surface area contributed by atoms with Crippen LogP contribution in [0.4, 0.5) is 19.0 Å². The quantitative estimate of drug-likeness (QED) is 0.412. The molecule has 0 saturated carbocycles. The Labute approximate surface area is 197 Å². The summed E-state index contributed by atoms with van der Waals surface area (Å²) in [5, 5.41) is 2.75. The van der Waals surface area contributed by atoms with E-state index in [4.69, 9.17) is 9.47 Å². The van der Waals surface area contributed by atoms with Gasteiger partial charge in [-0.2, -0.15) is 13.2 Å². The number of aromatic amines is 1. The Morgan fingerprint density at radius 3 is 2.86 bits per heavy atom. The lowest BCUT2D eigenvalue weighted by Gasteiger charge is -2.25. The number of para-hydroxylation sites is 1. The molecule has 0 fully saturated rings. The largest absolute Gasteiger partial charge is 0.493 e. The standard InChI is InChI=1S/C25H19F3N4O3/c26-25(27,28)17-2-1-3-18-22(17)32-23(30-18)14-10-13-11-15(4-6-19(13)34-12-14)35-20-8-9-29-24-16(20)5-7-21(33)31-24/h1-4,6,8-9,11,14H,5,7,10,12H2,(H,30,32)(H,29,31,33). The molecule has 2 aromatic heterocycles. The van der Waals surface area contributed by atoms with Crippen molar-refractivity contribution in [2.75, 3.05) is 11.9 Å². The van der Waals surface area contributed by atoms with Gasteiger partial charge in [0, 0.05) is 18.2 Å². The lowest BCUT2D eigenvalue weighted by molar-refractivity contribution is -0.136. The first-order valence-electron chi connectivity index (χ1n) is 11.1. The van der Waals surface area contributed by atoms with Crippen molar-refractivity contribution in [3.8, 4) is 17.2 Å². The fourth-order valence-electron chi connectivity index (χ4n) is 4.56. The predicted molar refractivity (Wildman–Crippen MR) is 121 cm³/mol. The van der Waals surface area contributed by atoms with E-state index in [9.17, 15) is 18.0 Å². The van der Waals surface area contributed by atoms with E-state index in [1.807, 2.05) is 12.1 Å². The maximum Gasteiger partial charge on any atom is 0.418 e. The van der Waals surface area contributed by atoms with Crippen LogP contribution in [0.3, 0.4) is 0 Å². The second-order valence-electron chi connectivity index (χ2n) is 8.59. The number of amides is 1. The number of nitrogens with one attached hydrogen (secondary N) is 2. The van der Waals surface area contributed by atoms with E-state index >= 15 is 0 Å². The summed E-state index contributed by atoms with van der Waals surface area (Å²) >= 11 is 0. The molecule has 2 aromatic carbocycles. The van der Waals surface area contributed by atoms with Crippen molar-refractivity contribution in [1.29, 1.82) is 0 Å². The van der Waals surface area contributed by atoms with E-state index in [2.05, 4.69) is 20.3 Å². The molecule has 2 aliphatic heterocycles. The van der Waals surface area contributed by atoms with Gasteiger partial charge < -0.3 is 19.8 Å². The lowest BCUT2D eigenvalue weighted by atomic mass is 9.96. The third-order valence-corrected chi connectivity index (χ3v) is 6.26. The van der Waals surface area contributed by atoms with Crippen LogP contribution < -0.4 is 14.8 Å². The van der Waals surface area contributed by atoms with Gasteiger partial charge >= 0.3 is 6.18 Å². The van der Waals surface area contributed by atoms with Crippen LogP contribution in [0, 0.1) is 0 Å². The number of alkyl halides is 3. The van der Waals surface area contributed by atoms with Gasteiger partial charge in [0.25, 0.3) is 0 Å². The molecule has 0 aliphatic carbocycles. The molecule has 35 heavy (non-hydrogen) atoms. The van der Waals surface area contributed by atoms with Gasteiger partial charge in [-0.15, -0.1) is 0 Å². The van der Waals surface area contributed by atoms with E-state index in [-0.39, 0.29) is 17.3 Å². The second-order valence-corrected chi connectivity index (χ2v) is 8.59. The minimum absolute atomic E-state index is 0.0768. The van der Waals surface area contributed by atoms with E-state index < -0.39 is 11.7 Å². The summed E-state index contributed by atoms with van der Waals surface area (Å²) in [6.45, 7) is 0.298. The van der Waals surface area contributed by atoms with Gasteiger partial charge in [-0.05, 0) is 54.8 Å². The molecular formula is C25H19F3N4O3. The summed E-state index contributed by atoms with van der Waals surface area (Å²) in [4.78, 5) is 23.2. The number of hydrogen-bond acceptors (Lipinski definition) is 5. The summed E-state index contributed by atoms with van der Waals surface area (Å²) in [7, 11) is 0. The molecule has 7 nitrogen and oxygen atoms in total. The van der Waals surface area contributed by atoms with E-state index in [0.29, 0.717) is 60.3 Å². The Bertz CT molecular complexity index is 1460. The van der Waals surface area contributed by atoms with Crippen LogP contribution in [0.1, 0.15) is 34.9 Å². The molecule has 0 saturated heterocycles. The summed E-state index contributed by atoms with van der Waals surface area (Å²) in [6, 6.07) is 11.2. The number of halogens is 3. The molecule has 2 N–H and O–H groups in total. The van der Waals surface area contributed by atoms with Crippen LogP contribution in [-0.4, -0.2) is 27.5 Å². The van der Waals surface area contributed by atoms with Crippen LogP contribution in [0.2, 0.25) is 0 Å². The number of H-pyrrole nitrogens is 1. The van der Waals surface area contributed by atoms with Gasteiger partial charge in [0.15, 0.2) is 0 Å². The number of ether oxygens (including phenoxy) is 2. The molecule has 178 valence electrons. The molecule has 1 amide bonds. The smallest absolute Gasteiger partial charge is 0.418 e. The number of fused-ring (bicyclic) bond motifs is 3. The summed E-state index contributed by atoms with van der Waals surface area (Å²) in [6.07, 6.45) is -1.48. The van der Waals surface area contributed by atoms with E-state index in [1.54, 1.807) is 24.4 Å². The Kier molecular flexibility index (Phi) is 4.91. The van der Waals surface area contributed by atoms with Crippen molar-refractivity contribution >= 4 is 22.8 Å². The highest BCUT2D eigenvalue weighted by atomic mass is 19.4.